The van der Waals surface area contributed by atoms with Crippen LogP contribution in [0.1, 0.15) is 247 Å². The highest BCUT2D eigenvalue weighted by Crippen LogP contribution is 2.17. The Morgan fingerprint density at radius 2 is 1.03 bits per heavy atom. The van der Waals surface area contributed by atoms with Gasteiger partial charge in [0.25, 0.3) is 0 Å². The van der Waals surface area contributed by atoms with Gasteiger partial charge in [0.2, 0.25) is 5.91 Å². The minimum Gasteiger partial charge on any atom is -0.465 e. The molecule has 9 heteroatoms. The van der Waals surface area contributed by atoms with E-state index in [-0.39, 0.29) is 24.1 Å². The van der Waals surface area contributed by atoms with E-state index >= 15 is 0 Å². The van der Waals surface area contributed by atoms with E-state index in [1.54, 1.807) is 0 Å². The molecule has 3 unspecified atom stereocenters. The molecule has 1 aliphatic heterocycles. The van der Waals surface area contributed by atoms with E-state index in [1.807, 2.05) is 0 Å². The molecule has 3 atom stereocenters. The summed E-state index contributed by atoms with van der Waals surface area (Å²) in [6.07, 6.45) is 40.1. The Bertz CT molecular complexity index is 1000. The second kappa shape index (κ2) is 45.5. The summed E-state index contributed by atoms with van der Waals surface area (Å²) >= 11 is 0. The maximum atomic E-state index is 14.1. The fourth-order valence-corrected chi connectivity index (χ4v) is 9.20. The molecule has 9 nitrogen and oxygen atoms in total. The number of hydrogen-bond donors (Lipinski definition) is 2. The summed E-state index contributed by atoms with van der Waals surface area (Å²) in [5.74, 6) is 0.573. The summed E-state index contributed by atoms with van der Waals surface area (Å²) in [6.45, 7) is 23.4. The number of nitrogens with one attached hydrogen (secondary N) is 2. The van der Waals surface area contributed by atoms with Gasteiger partial charge >= 0.3 is 5.97 Å². The third-order valence-electron chi connectivity index (χ3n) is 13.7. The first-order valence-corrected chi connectivity index (χ1v) is 28.4. The van der Waals surface area contributed by atoms with Gasteiger partial charge < -0.3 is 24.6 Å². The van der Waals surface area contributed by atoms with Crippen LogP contribution in [-0.4, -0.2) is 118 Å². The minimum atomic E-state index is -0.256. The van der Waals surface area contributed by atoms with Crippen molar-refractivity contribution >= 4 is 11.9 Å². The van der Waals surface area contributed by atoms with Gasteiger partial charge in [0.1, 0.15) is 12.3 Å². The normalized spacial score (nSPS) is 15.4. The second-order valence-corrected chi connectivity index (χ2v) is 19.7. The van der Waals surface area contributed by atoms with E-state index in [2.05, 4.69) is 66.9 Å². The van der Waals surface area contributed by atoms with Crippen LogP contribution in [0.2, 0.25) is 0 Å². The Morgan fingerprint density at radius 1 is 0.562 bits per heavy atom. The molecule has 380 valence electrons. The van der Waals surface area contributed by atoms with Crippen molar-refractivity contribution in [2.75, 3.05) is 78.7 Å². The Hall–Kier alpha value is -1.26. The molecule has 1 rings (SSSR count). The second-order valence-electron chi connectivity index (χ2n) is 19.7. The first-order valence-electron chi connectivity index (χ1n) is 28.4. The van der Waals surface area contributed by atoms with Crippen molar-refractivity contribution in [1.29, 1.82) is 0 Å². The SMILES string of the molecule is CCCCCCCCCN(CCCCCCCCC)CCN(CCCCCCCCC)CC(=O)N1CCNC(OCCC(CCCCCCC)CNC(CC)C(=O)OCCCCC)C1. The average Bonchev–Trinajstić information content (AvgIpc) is 3.30. The number of esters is 1. The van der Waals surface area contributed by atoms with Crippen LogP contribution in [0.5, 0.6) is 0 Å². The minimum absolute atomic E-state index is 0.113. The van der Waals surface area contributed by atoms with Crippen LogP contribution in [0, 0.1) is 5.92 Å². The van der Waals surface area contributed by atoms with Gasteiger partial charge in [0.15, 0.2) is 0 Å². The number of piperazine rings is 1. The molecule has 1 fully saturated rings. The molecule has 0 saturated carbocycles. The van der Waals surface area contributed by atoms with Crippen molar-refractivity contribution < 1.29 is 19.1 Å². The highest BCUT2D eigenvalue weighted by molar-refractivity contribution is 5.78. The molecule has 0 spiro atoms. The number of carbonyl (C=O) groups excluding carboxylic acids is 2. The smallest absolute Gasteiger partial charge is 0.323 e. The Kier molecular flexibility index (Phi) is 43.2. The Labute approximate surface area is 398 Å². The summed E-state index contributed by atoms with van der Waals surface area (Å²) in [5.41, 5.74) is 0. The number of amides is 1. The number of nitrogens with zero attached hydrogens (tertiary/aromatic N) is 3. The lowest BCUT2D eigenvalue weighted by atomic mass is 9.97. The average molecular weight is 907 g/mol. The summed E-state index contributed by atoms with van der Waals surface area (Å²) in [4.78, 5) is 34.2. The molecule has 1 heterocycles. The van der Waals surface area contributed by atoms with E-state index in [0.717, 1.165) is 77.8 Å². The number of rotatable bonds is 48. The van der Waals surface area contributed by atoms with Crippen molar-refractivity contribution in [2.24, 2.45) is 5.92 Å². The van der Waals surface area contributed by atoms with Gasteiger partial charge in [-0.25, -0.2) is 0 Å². The Balaban J connectivity index is 2.84. The van der Waals surface area contributed by atoms with E-state index < -0.39 is 0 Å². The van der Waals surface area contributed by atoms with Gasteiger partial charge in [-0.2, -0.15) is 0 Å². The zero-order chi connectivity index (χ0) is 46.6. The van der Waals surface area contributed by atoms with Crippen LogP contribution < -0.4 is 10.6 Å². The fraction of sp³-hybridized carbons (Fsp3) is 0.964. The van der Waals surface area contributed by atoms with E-state index in [4.69, 9.17) is 9.47 Å². The molecular weight excluding hydrogens is 795 g/mol. The predicted octanol–water partition coefficient (Wildman–Crippen LogP) is 13.1. The lowest BCUT2D eigenvalue weighted by Gasteiger charge is -2.35. The fourth-order valence-electron chi connectivity index (χ4n) is 9.20. The molecule has 1 saturated heterocycles. The first-order chi connectivity index (χ1) is 31.4. The molecule has 0 aromatic rings. The zero-order valence-electron chi connectivity index (χ0n) is 43.8. The number of hydrogen-bond acceptors (Lipinski definition) is 8. The zero-order valence-corrected chi connectivity index (χ0v) is 43.8. The topological polar surface area (TPSA) is 86.4 Å². The highest BCUT2D eigenvalue weighted by Gasteiger charge is 2.26. The lowest BCUT2D eigenvalue weighted by molar-refractivity contribution is -0.146. The maximum Gasteiger partial charge on any atom is 0.323 e. The molecule has 0 radical (unpaired) electrons. The van der Waals surface area contributed by atoms with Crippen LogP contribution in [0.15, 0.2) is 0 Å². The van der Waals surface area contributed by atoms with Crippen LogP contribution in [0.25, 0.3) is 0 Å². The summed E-state index contributed by atoms with van der Waals surface area (Å²) < 4.78 is 12.1. The van der Waals surface area contributed by atoms with E-state index in [0.29, 0.717) is 32.2 Å². The lowest BCUT2D eigenvalue weighted by Crippen LogP contribution is -2.55. The summed E-state index contributed by atoms with van der Waals surface area (Å²) in [5, 5.41) is 7.14. The van der Waals surface area contributed by atoms with Crippen molar-refractivity contribution in [3.63, 3.8) is 0 Å². The van der Waals surface area contributed by atoms with Crippen LogP contribution in [-0.2, 0) is 19.1 Å². The third-order valence-corrected chi connectivity index (χ3v) is 13.7. The van der Waals surface area contributed by atoms with Crippen LogP contribution >= 0.6 is 0 Å². The maximum absolute atomic E-state index is 14.1. The third kappa shape index (κ3) is 35.0. The van der Waals surface area contributed by atoms with Gasteiger partial charge in [-0.1, -0.05) is 202 Å². The van der Waals surface area contributed by atoms with Gasteiger partial charge in [-0.3, -0.25) is 19.8 Å². The monoisotopic (exact) mass is 906 g/mol. The Morgan fingerprint density at radius 3 is 1.56 bits per heavy atom. The standard InChI is InChI=1S/C55H111N5O4/c1-7-13-18-22-25-29-33-40-58(41-34-30-26-23-19-14-8-2)44-45-59(42-35-31-27-24-20-15-9-3)50-54(61)60-43-39-56-53(49-60)63-47-38-51(37-32-28-21-16-10-4)48-57-52(12-6)55(62)64-46-36-17-11-5/h51-53,56-57H,7-50H2,1-6H3. The number of ether oxygens (including phenoxy) is 2. The molecule has 2 N–H and O–H groups in total. The highest BCUT2D eigenvalue weighted by atomic mass is 16.5. The largest absolute Gasteiger partial charge is 0.465 e. The first kappa shape index (κ1) is 60.8. The molecule has 64 heavy (non-hydrogen) atoms. The number of carbonyl (C=O) groups is 2. The van der Waals surface area contributed by atoms with Gasteiger partial charge in [-0.15, -0.1) is 0 Å². The summed E-state index contributed by atoms with van der Waals surface area (Å²) in [7, 11) is 0. The van der Waals surface area contributed by atoms with Crippen molar-refractivity contribution in [1.82, 2.24) is 25.3 Å². The molecule has 0 aliphatic carbocycles. The van der Waals surface area contributed by atoms with Gasteiger partial charge in [-0.05, 0) is 77.0 Å². The van der Waals surface area contributed by atoms with Gasteiger partial charge in [0.05, 0.1) is 19.7 Å². The molecule has 0 bridgehead atoms. The summed E-state index contributed by atoms with van der Waals surface area (Å²) in [6, 6.07) is -0.256. The van der Waals surface area contributed by atoms with E-state index in [9.17, 15) is 9.59 Å². The number of unbranched alkanes of at least 4 members (excludes halogenated alkanes) is 24. The van der Waals surface area contributed by atoms with Crippen molar-refractivity contribution in [3.8, 4) is 0 Å². The van der Waals surface area contributed by atoms with Gasteiger partial charge in [0, 0.05) is 32.8 Å². The quantitative estimate of drug-likeness (QED) is 0.0461. The van der Waals surface area contributed by atoms with Crippen molar-refractivity contribution in [2.45, 2.75) is 259 Å². The predicted molar refractivity (Wildman–Crippen MR) is 275 cm³/mol. The van der Waals surface area contributed by atoms with Crippen molar-refractivity contribution in [3.05, 3.63) is 0 Å². The van der Waals surface area contributed by atoms with Crippen LogP contribution in [0.4, 0.5) is 0 Å². The van der Waals surface area contributed by atoms with Crippen LogP contribution in [0.3, 0.4) is 0 Å². The molecule has 1 aliphatic rings. The molecule has 0 aromatic heterocycles. The molecule has 1 amide bonds. The molecular formula is C55H111N5O4. The van der Waals surface area contributed by atoms with E-state index in [1.165, 1.54) is 180 Å². The molecule has 0 aromatic carbocycles.